The molecule has 1 N–H and O–H groups in total. The molecule has 114 valence electrons. The summed E-state index contributed by atoms with van der Waals surface area (Å²) in [6.07, 6.45) is 4.96. The summed E-state index contributed by atoms with van der Waals surface area (Å²) in [4.78, 5) is 14.7. The van der Waals surface area contributed by atoms with Crippen LogP contribution >= 0.6 is 0 Å². The molecule has 0 saturated carbocycles. The summed E-state index contributed by atoms with van der Waals surface area (Å²) in [6, 6.07) is 6.08. The molecule has 2 aliphatic heterocycles. The van der Waals surface area contributed by atoms with E-state index in [9.17, 15) is 4.79 Å². The number of ether oxygens (including phenoxy) is 1. The number of carbonyl (C=O) groups is 1. The fourth-order valence-electron chi connectivity index (χ4n) is 3.47. The first kappa shape index (κ1) is 14.4. The van der Waals surface area contributed by atoms with Gasteiger partial charge in [-0.1, -0.05) is 12.1 Å². The largest absolute Gasteiger partial charge is 0.495 e. The molecule has 2 heterocycles. The maximum atomic E-state index is 12.7. The second kappa shape index (κ2) is 6.48. The third-order valence-electron chi connectivity index (χ3n) is 4.62. The number of methoxy groups -OCH3 is 1. The molecule has 1 saturated heterocycles. The first-order valence-electron chi connectivity index (χ1n) is 7.96. The van der Waals surface area contributed by atoms with Crippen LogP contribution in [0.15, 0.2) is 18.2 Å². The number of fused-ring (bicyclic) bond motifs is 1. The SMILES string of the molecule is COc1cccc2c1N(C(=O)CC1CCNCC1)CCC2. The lowest BCUT2D eigenvalue weighted by atomic mass is 9.93. The highest BCUT2D eigenvalue weighted by Crippen LogP contribution is 2.37. The average molecular weight is 288 g/mol. The van der Waals surface area contributed by atoms with Crippen molar-refractivity contribution in [1.29, 1.82) is 0 Å². The molecule has 1 amide bonds. The van der Waals surface area contributed by atoms with Gasteiger partial charge in [0, 0.05) is 13.0 Å². The molecular weight excluding hydrogens is 264 g/mol. The highest BCUT2D eigenvalue weighted by atomic mass is 16.5. The number of benzene rings is 1. The third-order valence-corrected chi connectivity index (χ3v) is 4.62. The molecule has 0 radical (unpaired) electrons. The number of amides is 1. The Morgan fingerprint density at radius 1 is 1.38 bits per heavy atom. The van der Waals surface area contributed by atoms with E-state index in [4.69, 9.17) is 4.74 Å². The Bertz CT molecular complexity index is 495. The van der Waals surface area contributed by atoms with Gasteiger partial charge >= 0.3 is 0 Å². The summed E-state index contributed by atoms with van der Waals surface area (Å²) in [7, 11) is 1.68. The fraction of sp³-hybridized carbons (Fsp3) is 0.588. The molecule has 1 aromatic rings. The molecule has 0 bridgehead atoms. The quantitative estimate of drug-likeness (QED) is 0.928. The number of hydrogen-bond acceptors (Lipinski definition) is 3. The minimum Gasteiger partial charge on any atom is -0.495 e. The molecule has 0 aliphatic carbocycles. The van der Waals surface area contributed by atoms with Crippen molar-refractivity contribution in [3.8, 4) is 5.75 Å². The minimum atomic E-state index is 0.257. The van der Waals surface area contributed by atoms with E-state index < -0.39 is 0 Å². The Kier molecular flexibility index (Phi) is 4.44. The highest BCUT2D eigenvalue weighted by molar-refractivity contribution is 5.96. The molecule has 0 unspecified atom stereocenters. The normalized spacial score (nSPS) is 19.2. The molecule has 4 heteroatoms. The Morgan fingerprint density at radius 2 is 2.19 bits per heavy atom. The van der Waals surface area contributed by atoms with Gasteiger partial charge in [-0.25, -0.2) is 0 Å². The minimum absolute atomic E-state index is 0.257. The van der Waals surface area contributed by atoms with Gasteiger partial charge in [0.05, 0.1) is 12.8 Å². The van der Waals surface area contributed by atoms with E-state index in [-0.39, 0.29) is 5.91 Å². The second-order valence-electron chi connectivity index (χ2n) is 6.01. The summed E-state index contributed by atoms with van der Waals surface area (Å²) >= 11 is 0. The van der Waals surface area contributed by atoms with Crippen LogP contribution < -0.4 is 15.0 Å². The van der Waals surface area contributed by atoms with Crippen molar-refractivity contribution in [3.63, 3.8) is 0 Å². The van der Waals surface area contributed by atoms with Crippen LogP contribution in [0.2, 0.25) is 0 Å². The van der Waals surface area contributed by atoms with Gasteiger partial charge in [-0.05, 0) is 56.3 Å². The predicted octanol–water partition coefficient (Wildman–Crippen LogP) is 2.36. The maximum absolute atomic E-state index is 12.7. The lowest BCUT2D eigenvalue weighted by Crippen LogP contribution is -2.38. The number of anilines is 1. The molecule has 0 aromatic heterocycles. The van der Waals surface area contributed by atoms with Gasteiger partial charge in [0.1, 0.15) is 5.75 Å². The van der Waals surface area contributed by atoms with Crippen LogP contribution in [0.3, 0.4) is 0 Å². The third kappa shape index (κ3) is 3.05. The van der Waals surface area contributed by atoms with Gasteiger partial charge in [0.15, 0.2) is 0 Å². The molecule has 2 aliphatic rings. The van der Waals surface area contributed by atoms with Crippen LogP contribution in [0.4, 0.5) is 5.69 Å². The van der Waals surface area contributed by atoms with Crippen molar-refractivity contribution in [2.24, 2.45) is 5.92 Å². The average Bonchev–Trinajstić information content (AvgIpc) is 2.54. The van der Waals surface area contributed by atoms with Gasteiger partial charge < -0.3 is 15.0 Å². The van der Waals surface area contributed by atoms with Crippen molar-refractivity contribution < 1.29 is 9.53 Å². The number of para-hydroxylation sites is 1. The number of hydrogen-bond donors (Lipinski definition) is 1. The van der Waals surface area contributed by atoms with Gasteiger partial charge in [0.2, 0.25) is 5.91 Å². The lowest BCUT2D eigenvalue weighted by Gasteiger charge is -2.32. The van der Waals surface area contributed by atoms with E-state index >= 15 is 0 Å². The summed E-state index contributed by atoms with van der Waals surface area (Å²) in [6.45, 7) is 2.90. The zero-order valence-corrected chi connectivity index (χ0v) is 12.7. The standard InChI is InChI=1S/C17H24N2O2/c1-21-15-6-2-4-14-5-3-11-19(17(14)15)16(20)12-13-7-9-18-10-8-13/h2,4,6,13,18H,3,5,7-12H2,1H3. The second-order valence-corrected chi connectivity index (χ2v) is 6.01. The molecule has 0 spiro atoms. The van der Waals surface area contributed by atoms with Crippen molar-refractivity contribution >= 4 is 11.6 Å². The molecule has 0 atom stereocenters. The number of rotatable bonds is 3. The fourth-order valence-corrected chi connectivity index (χ4v) is 3.47. The van der Waals surface area contributed by atoms with E-state index in [0.717, 1.165) is 56.8 Å². The number of piperidine rings is 1. The first-order chi connectivity index (χ1) is 10.3. The van der Waals surface area contributed by atoms with E-state index in [1.807, 2.05) is 17.0 Å². The van der Waals surface area contributed by atoms with E-state index in [1.54, 1.807) is 7.11 Å². The van der Waals surface area contributed by atoms with E-state index in [0.29, 0.717) is 12.3 Å². The van der Waals surface area contributed by atoms with Crippen molar-refractivity contribution in [2.45, 2.75) is 32.1 Å². The molecule has 21 heavy (non-hydrogen) atoms. The number of aryl methyl sites for hydroxylation is 1. The molecule has 1 fully saturated rings. The van der Waals surface area contributed by atoms with Crippen LogP contribution in [0.5, 0.6) is 5.75 Å². The predicted molar refractivity (Wildman–Crippen MR) is 83.9 cm³/mol. The number of carbonyl (C=O) groups excluding carboxylic acids is 1. The Hall–Kier alpha value is -1.55. The Balaban J connectivity index is 1.79. The smallest absolute Gasteiger partial charge is 0.227 e. The van der Waals surface area contributed by atoms with Gasteiger partial charge in [-0.3, -0.25) is 4.79 Å². The van der Waals surface area contributed by atoms with Gasteiger partial charge in [-0.2, -0.15) is 0 Å². The summed E-state index contributed by atoms with van der Waals surface area (Å²) in [5, 5.41) is 3.36. The molecule has 3 rings (SSSR count). The van der Waals surface area contributed by atoms with Crippen molar-refractivity contribution in [2.75, 3.05) is 31.6 Å². The van der Waals surface area contributed by atoms with E-state index in [1.165, 1.54) is 5.56 Å². The number of nitrogens with zero attached hydrogens (tertiary/aromatic N) is 1. The number of nitrogens with one attached hydrogen (secondary N) is 1. The van der Waals surface area contributed by atoms with Crippen LogP contribution in [0.1, 0.15) is 31.2 Å². The highest BCUT2D eigenvalue weighted by Gasteiger charge is 2.27. The van der Waals surface area contributed by atoms with Crippen molar-refractivity contribution in [3.05, 3.63) is 23.8 Å². The summed E-state index contributed by atoms with van der Waals surface area (Å²) in [5.74, 6) is 1.61. The van der Waals surface area contributed by atoms with Crippen LogP contribution in [0.25, 0.3) is 0 Å². The molecular formula is C17H24N2O2. The zero-order valence-electron chi connectivity index (χ0n) is 12.7. The van der Waals surface area contributed by atoms with E-state index in [2.05, 4.69) is 11.4 Å². The topological polar surface area (TPSA) is 41.6 Å². The summed E-state index contributed by atoms with van der Waals surface area (Å²) < 4.78 is 5.48. The Labute approximate surface area is 126 Å². The summed E-state index contributed by atoms with van der Waals surface area (Å²) in [5.41, 5.74) is 2.24. The van der Waals surface area contributed by atoms with Gasteiger partial charge in [-0.15, -0.1) is 0 Å². The van der Waals surface area contributed by atoms with Crippen molar-refractivity contribution in [1.82, 2.24) is 5.32 Å². The van der Waals surface area contributed by atoms with Crippen LogP contribution in [-0.2, 0) is 11.2 Å². The zero-order chi connectivity index (χ0) is 14.7. The van der Waals surface area contributed by atoms with Crippen LogP contribution in [0, 0.1) is 5.92 Å². The maximum Gasteiger partial charge on any atom is 0.227 e. The van der Waals surface area contributed by atoms with Gasteiger partial charge in [0.25, 0.3) is 0 Å². The molecule has 4 nitrogen and oxygen atoms in total. The molecule has 1 aromatic carbocycles. The van der Waals surface area contributed by atoms with Crippen LogP contribution in [-0.4, -0.2) is 32.7 Å². The lowest BCUT2D eigenvalue weighted by molar-refractivity contribution is -0.119. The Morgan fingerprint density at radius 3 is 2.95 bits per heavy atom. The monoisotopic (exact) mass is 288 g/mol. The first-order valence-corrected chi connectivity index (χ1v) is 7.96.